The van der Waals surface area contributed by atoms with Crippen molar-refractivity contribution in [3.63, 3.8) is 0 Å². The Kier molecular flexibility index (Phi) is 58.7. The number of carbonyl (C=O) groups is 4. The third-order valence-electron chi connectivity index (χ3n) is 16.2. The highest BCUT2D eigenvalue weighted by Crippen LogP contribution is 2.45. The van der Waals surface area contributed by atoms with Crippen LogP contribution in [-0.4, -0.2) is 96.7 Å². The molecule has 3 unspecified atom stereocenters. The Hall–Kier alpha value is -1.94. The van der Waals surface area contributed by atoms with Gasteiger partial charge in [0.15, 0.2) is 12.2 Å². The molecule has 0 saturated carbocycles. The fourth-order valence-electron chi connectivity index (χ4n) is 10.3. The Balaban J connectivity index is 5.21. The second kappa shape index (κ2) is 60.0. The topological polar surface area (TPSA) is 237 Å². The molecule has 88 heavy (non-hydrogen) atoms. The number of aliphatic hydroxyl groups is 1. The van der Waals surface area contributed by atoms with Gasteiger partial charge in [0, 0.05) is 25.7 Å². The molecular weight excluding hydrogens is 1160 g/mol. The van der Waals surface area contributed by atoms with E-state index < -0.39 is 97.5 Å². The lowest BCUT2D eigenvalue weighted by Crippen LogP contribution is -2.30. The maximum absolute atomic E-state index is 13.0. The normalized spacial score (nSPS) is 14.5. The molecule has 522 valence electrons. The lowest BCUT2D eigenvalue weighted by atomic mass is 9.99. The van der Waals surface area contributed by atoms with Gasteiger partial charge in [-0.2, -0.15) is 0 Å². The van der Waals surface area contributed by atoms with Crippen molar-refractivity contribution in [2.75, 3.05) is 39.6 Å². The smallest absolute Gasteiger partial charge is 0.462 e. The Morgan fingerprint density at radius 2 is 0.580 bits per heavy atom. The van der Waals surface area contributed by atoms with Gasteiger partial charge >= 0.3 is 39.5 Å². The summed E-state index contributed by atoms with van der Waals surface area (Å²) in [6, 6.07) is 0. The molecule has 0 aliphatic heterocycles. The van der Waals surface area contributed by atoms with Crippen LogP contribution in [0.1, 0.15) is 344 Å². The minimum Gasteiger partial charge on any atom is -0.462 e. The van der Waals surface area contributed by atoms with Gasteiger partial charge in [-0.25, -0.2) is 9.13 Å². The maximum Gasteiger partial charge on any atom is 0.472 e. The van der Waals surface area contributed by atoms with Crippen LogP contribution >= 0.6 is 15.6 Å². The fraction of sp³-hybridized carbons (Fsp3) is 0.942. The predicted molar refractivity (Wildman–Crippen MR) is 354 cm³/mol. The molecule has 0 aromatic carbocycles. The molecule has 0 spiro atoms. The third-order valence-corrected chi connectivity index (χ3v) is 18.1. The first-order valence-electron chi connectivity index (χ1n) is 35.9. The van der Waals surface area contributed by atoms with Crippen LogP contribution in [0.15, 0.2) is 0 Å². The van der Waals surface area contributed by atoms with E-state index in [0.717, 1.165) is 108 Å². The largest absolute Gasteiger partial charge is 0.472 e. The molecular formula is C69H134O17P2. The standard InChI is InChI=1S/C69H134O17P2/c1-8-10-11-12-13-28-36-43-50-66(71)79-57-65(86-69(74)53-46-39-32-31-34-41-48-61(5)6)59-84-88(77,78)82-55-63(70)54-81-87(75,76)83-58-64(56-80-67(72)51-44-37-29-24-21-20-23-27-35-42-49-62(7)9-2)85-68(73)52-45-38-30-25-19-17-15-14-16-18-22-26-33-40-47-60(3)4/h60-65,70H,8-59H2,1-7H3,(H,75,76)(H,77,78)/t62?,63-,64-,65-/m1/s1. The molecule has 19 heteroatoms. The zero-order valence-corrected chi connectivity index (χ0v) is 59.0. The van der Waals surface area contributed by atoms with Gasteiger partial charge in [-0.15, -0.1) is 0 Å². The first-order chi connectivity index (χ1) is 42.3. The molecule has 17 nitrogen and oxygen atoms in total. The first kappa shape index (κ1) is 86.1. The summed E-state index contributed by atoms with van der Waals surface area (Å²) in [4.78, 5) is 72.4. The van der Waals surface area contributed by atoms with Crippen LogP contribution in [0.4, 0.5) is 0 Å². The van der Waals surface area contributed by atoms with Crippen LogP contribution in [0.3, 0.4) is 0 Å². The van der Waals surface area contributed by atoms with Crippen molar-refractivity contribution in [2.45, 2.75) is 362 Å². The summed E-state index contributed by atoms with van der Waals surface area (Å²) < 4.78 is 68.1. The lowest BCUT2D eigenvalue weighted by Gasteiger charge is -2.21. The highest BCUT2D eigenvalue weighted by Gasteiger charge is 2.30. The van der Waals surface area contributed by atoms with Crippen LogP contribution in [0.2, 0.25) is 0 Å². The number of rotatable bonds is 67. The van der Waals surface area contributed by atoms with Crippen LogP contribution in [-0.2, 0) is 65.4 Å². The molecule has 0 amide bonds. The van der Waals surface area contributed by atoms with E-state index in [2.05, 4.69) is 48.5 Å². The van der Waals surface area contributed by atoms with Gasteiger partial charge in [-0.05, 0) is 43.4 Å². The zero-order chi connectivity index (χ0) is 65.2. The minimum atomic E-state index is -4.95. The van der Waals surface area contributed by atoms with Crippen molar-refractivity contribution in [1.82, 2.24) is 0 Å². The first-order valence-corrected chi connectivity index (χ1v) is 38.9. The summed E-state index contributed by atoms with van der Waals surface area (Å²) in [6.45, 7) is 11.8. The Bertz CT molecular complexity index is 1730. The number of esters is 4. The second-order valence-electron chi connectivity index (χ2n) is 26.1. The summed E-state index contributed by atoms with van der Waals surface area (Å²) in [6.07, 6.45) is 43.2. The number of hydrogen-bond donors (Lipinski definition) is 3. The average molecular weight is 1300 g/mol. The highest BCUT2D eigenvalue weighted by molar-refractivity contribution is 7.47. The maximum atomic E-state index is 13.0. The number of phosphoric acid groups is 2. The second-order valence-corrected chi connectivity index (χ2v) is 29.0. The predicted octanol–water partition coefficient (Wildman–Crippen LogP) is 19.5. The number of carbonyl (C=O) groups excluding carboxylic acids is 4. The molecule has 0 aliphatic rings. The van der Waals surface area contributed by atoms with Crippen LogP contribution < -0.4 is 0 Å². The molecule has 0 aliphatic carbocycles. The lowest BCUT2D eigenvalue weighted by molar-refractivity contribution is -0.161. The van der Waals surface area contributed by atoms with Crippen LogP contribution in [0, 0.1) is 17.8 Å². The monoisotopic (exact) mass is 1300 g/mol. The molecule has 6 atom stereocenters. The van der Waals surface area contributed by atoms with Crippen molar-refractivity contribution in [3.8, 4) is 0 Å². The third kappa shape index (κ3) is 61.6. The molecule has 0 radical (unpaired) electrons. The van der Waals surface area contributed by atoms with Gasteiger partial charge < -0.3 is 33.8 Å². The minimum absolute atomic E-state index is 0.102. The molecule has 0 rings (SSSR count). The van der Waals surface area contributed by atoms with Crippen molar-refractivity contribution in [3.05, 3.63) is 0 Å². The summed E-state index contributed by atoms with van der Waals surface area (Å²) in [7, 11) is -9.89. The fourth-order valence-corrected chi connectivity index (χ4v) is 11.9. The molecule has 0 fully saturated rings. The molecule has 3 N–H and O–H groups in total. The van der Waals surface area contributed by atoms with Gasteiger partial charge in [0.1, 0.15) is 19.3 Å². The Morgan fingerprint density at radius 1 is 0.330 bits per heavy atom. The SMILES string of the molecule is CCCCCCCCCCC(=O)OC[C@H](COP(=O)(O)OC[C@H](O)COP(=O)(O)OC[C@@H](COC(=O)CCCCCCCCCCCCC(C)CC)OC(=O)CCCCCCCCCCCCCCCCC(C)C)OC(=O)CCCCCCCCC(C)C. The van der Waals surface area contributed by atoms with Gasteiger partial charge in [0.2, 0.25) is 0 Å². The summed E-state index contributed by atoms with van der Waals surface area (Å²) in [5.74, 6) is 0.140. The summed E-state index contributed by atoms with van der Waals surface area (Å²) >= 11 is 0. The quantitative estimate of drug-likeness (QED) is 0.0222. The molecule has 0 bridgehead atoms. The van der Waals surface area contributed by atoms with Gasteiger partial charge in [-0.3, -0.25) is 37.3 Å². The zero-order valence-electron chi connectivity index (χ0n) is 57.2. The molecule has 0 aromatic heterocycles. The number of aliphatic hydroxyl groups excluding tert-OH is 1. The molecule has 0 heterocycles. The van der Waals surface area contributed by atoms with E-state index in [1.165, 1.54) is 148 Å². The summed E-state index contributed by atoms with van der Waals surface area (Å²) in [5.41, 5.74) is 0. The van der Waals surface area contributed by atoms with Crippen molar-refractivity contribution in [1.29, 1.82) is 0 Å². The van der Waals surface area contributed by atoms with E-state index in [1.54, 1.807) is 0 Å². The van der Waals surface area contributed by atoms with Gasteiger partial charge in [0.05, 0.1) is 26.4 Å². The number of ether oxygens (including phenoxy) is 4. The highest BCUT2D eigenvalue weighted by atomic mass is 31.2. The Labute approximate surface area is 537 Å². The molecule has 0 aromatic rings. The van der Waals surface area contributed by atoms with E-state index in [9.17, 15) is 43.2 Å². The van der Waals surface area contributed by atoms with Crippen molar-refractivity contribution >= 4 is 39.5 Å². The summed E-state index contributed by atoms with van der Waals surface area (Å²) in [5, 5.41) is 10.6. The van der Waals surface area contributed by atoms with Gasteiger partial charge in [0.25, 0.3) is 0 Å². The number of unbranched alkanes of at least 4 members (excludes halogenated alkanes) is 34. The van der Waals surface area contributed by atoms with Crippen molar-refractivity contribution in [2.24, 2.45) is 17.8 Å². The molecule has 0 saturated heterocycles. The number of phosphoric ester groups is 2. The van der Waals surface area contributed by atoms with E-state index in [1.807, 2.05) is 0 Å². The van der Waals surface area contributed by atoms with E-state index >= 15 is 0 Å². The number of hydrogen-bond acceptors (Lipinski definition) is 15. The van der Waals surface area contributed by atoms with Crippen LogP contribution in [0.25, 0.3) is 0 Å². The van der Waals surface area contributed by atoms with E-state index in [-0.39, 0.29) is 25.7 Å². The average Bonchev–Trinajstić information content (AvgIpc) is 3.53. The van der Waals surface area contributed by atoms with E-state index in [4.69, 9.17) is 37.0 Å². The van der Waals surface area contributed by atoms with E-state index in [0.29, 0.717) is 31.6 Å². The Morgan fingerprint density at radius 3 is 0.864 bits per heavy atom. The van der Waals surface area contributed by atoms with Crippen molar-refractivity contribution < 1.29 is 80.2 Å². The van der Waals surface area contributed by atoms with Gasteiger partial charge in [-0.1, -0.05) is 292 Å². The van der Waals surface area contributed by atoms with Crippen LogP contribution in [0.5, 0.6) is 0 Å².